The van der Waals surface area contributed by atoms with Crippen molar-refractivity contribution in [3.63, 3.8) is 0 Å². The van der Waals surface area contributed by atoms with Gasteiger partial charge in [0.15, 0.2) is 0 Å². The normalized spacial score (nSPS) is 10.0. The molecule has 0 radical (unpaired) electrons. The molecule has 0 aliphatic carbocycles. The fraction of sp³-hybridized carbons (Fsp3) is 0.200. The predicted molar refractivity (Wildman–Crippen MR) is 74.3 cm³/mol. The Labute approximate surface area is 112 Å². The Morgan fingerprint density at radius 3 is 2.84 bits per heavy atom. The Morgan fingerprint density at radius 1 is 1.32 bits per heavy atom. The quantitative estimate of drug-likeness (QED) is 0.914. The summed E-state index contributed by atoms with van der Waals surface area (Å²) in [7, 11) is 1.58. The first-order valence-electron chi connectivity index (χ1n) is 6.03. The summed E-state index contributed by atoms with van der Waals surface area (Å²) in [5.74, 6) is 0.544. The molecule has 0 fully saturated rings. The second kappa shape index (κ2) is 6.00. The van der Waals surface area contributed by atoms with Crippen LogP contribution < -0.4 is 10.1 Å². The van der Waals surface area contributed by atoms with Crippen LogP contribution in [0.5, 0.6) is 5.75 Å². The number of carbonyl (C=O) groups excluding carboxylic acids is 1. The zero-order valence-electron chi connectivity index (χ0n) is 11.0. The fourth-order valence-electron chi connectivity index (χ4n) is 1.78. The number of ether oxygens (including phenoxy) is 1. The Hall–Kier alpha value is -2.36. The number of anilines is 1. The first kappa shape index (κ1) is 13.1. The van der Waals surface area contributed by atoms with Crippen molar-refractivity contribution >= 4 is 11.6 Å². The van der Waals surface area contributed by atoms with Gasteiger partial charge in [0.05, 0.1) is 19.2 Å². The van der Waals surface area contributed by atoms with Crippen molar-refractivity contribution in [1.82, 2.24) is 4.98 Å². The summed E-state index contributed by atoms with van der Waals surface area (Å²) in [6, 6.07) is 11.2. The maximum absolute atomic E-state index is 12.0. The SMILES string of the molecule is COc1ccc(C)cc1NC(=O)Cc1ccccn1. The van der Waals surface area contributed by atoms with Gasteiger partial charge in [-0.2, -0.15) is 0 Å². The molecule has 0 aliphatic heterocycles. The number of amides is 1. The van der Waals surface area contributed by atoms with Crippen molar-refractivity contribution in [2.45, 2.75) is 13.3 Å². The summed E-state index contributed by atoms with van der Waals surface area (Å²) >= 11 is 0. The third-order valence-corrected chi connectivity index (χ3v) is 2.70. The Morgan fingerprint density at radius 2 is 2.16 bits per heavy atom. The highest BCUT2D eigenvalue weighted by Crippen LogP contribution is 2.25. The maximum Gasteiger partial charge on any atom is 0.230 e. The van der Waals surface area contributed by atoms with E-state index in [0.717, 1.165) is 11.3 Å². The number of benzene rings is 1. The van der Waals surface area contributed by atoms with Gasteiger partial charge in [-0.05, 0) is 36.8 Å². The number of methoxy groups -OCH3 is 1. The van der Waals surface area contributed by atoms with Crippen LogP contribution in [-0.4, -0.2) is 18.0 Å². The lowest BCUT2D eigenvalue weighted by molar-refractivity contribution is -0.115. The molecule has 0 spiro atoms. The summed E-state index contributed by atoms with van der Waals surface area (Å²) in [5, 5.41) is 2.85. The molecular formula is C15H16N2O2. The molecule has 1 amide bonds. The van der Waals surface area contributed by atoms with Crippen LogP contribution in [0, 0.1) is 6.92 Å². The number of aromatic nitrogens is 1. The third-order valence-electron chi connectivity index (χ3n) is 2.70. The van der Waals surface area contributed by atoms with Crippen LogP contribution in [0.15, 0.2) is 42.6 Å². The topological polar surface area (TPSA) is 51.2 Å². The molecule has 19 heavy (non-hydrogen) atoms. The van der Waals surface area contributed by atoms with E-state index in [0.29, 0.717) is 11.4 Å². The zero-order valence-corrected chi connectivity index (χ0v) is 11.0. The molecule has 0 saturated heterocycles. The number of aryl methyl sites for hydroxylation is 1. The standard InChI is InChI=1S/C15H16N2O2/c1-11-6-7-14(19-2)13(9-11)17-15(18)10-12-5-3-4-8-16-12/h3-9H,10H2,1-2H3,(H,17,18). The van der Waals surface area contributed by atoms with E-state index in [4.69, 9.17) is 4.74 Å². The average molecular weight is 256 g/mol. The Balaban J connectivity index is 2.09. The lowest BCUT2D eigenvalue weighted by Gasteiger charge is -2.10. The van der Waals surface area contributed by atoms with E-state index in [1.165, 1.54) is 0 Å². The van der Waals surface area contributed by atoms with Gasteiger partial charge in [0.2, 0.25) is 5.91 Å². The maximum atomic E-state index is 12.0. The number of nitrogens with zero attached hydrogens (tertiary/aromatic N) is 1. The molecule has 2 rings (SSSR count). The molecule has 1 aromatic heterocycles. The van der Waals surface area contributed by atoms with Gasteiger partial charge in [0, 0.05) is 11.9 Å². The predicted octanol–water partition coefficient (Wildman–Crippen LogP) is 2.58. The van der Waals surface area contributed by atoms with Gasteiger partial charge in [0.25, 0.3) is 0 Å². The van der Waals surface area contributed by atoms with Crippen molar-refractivity contribution in [3.8, 4) is 5.75 Å². The van der Waals surface area contributed by atoms with Crippen LogP contribution in [0.3, 0.4) is 0 Å². The fourth-order valence-corrected chi connectivity index (χ4v) is 1.78. The van der Waals surface area contributed by atoms with Gasteiger partial charge in [-0.1, -0.05) is 12.1 Å². The van der Waals surface area contributed by atoms with E-state index in [9.17, 15) is 4.79 Å². The second-order valence-electron chi connectivity index (χ2n) is 4.25. The number of nitrogens with one attached hydrogen (secondary N) is 1. The van der Waals surface area contributed by atoms with Crippen molar-refractivity contribution < 1.29 is 9.53 Å². The van der Waals surface area contributed by atoms with Crippen LogP contribution in [0.1, 0.15) is 11.3 Å². The van der Waals surface area contributed by atoms with Crippen LogP contribution in [-0.2, 0) is 11.2 Å². The van der Waals surface area contributed by atoms with Crippen LogP contribution in [0.4, 0.5) is 5.69 Å². The Kier molecular flexibility index (Phi) is 4.13. The van der Waals surface area contributed by atoms with Crippen LogP contribution >= 0.6 is 0 Å². The molecule has 0 bridgehead atoms. The van der Waals surface area contributed by atoms with Crippen molar-refractivity contribution in [2.75, 3.05) is 12.4 Å². The number of rotatable bonds is 4. The van der Waals surface area contributed by atoms with E-state index in [1.807, 2.05) is 43.3 Å². The minimum Gasteiger partial charge on any atom is -0.495 e. The lowest BCUT2D eigenvalue weighted by Crippen LogP contribution is -2.15. The molecule has 2 aromatic rings. The van der Waals surface area contributed by atoms with Gasteiger partial charge in [-0.3, -0.25) is 9.78 Å². The highest BCUT2D eigenvalue weighted by atomic mass is 16.5. The molecule has 1 aromatic carbocycles. The van der Waals surface area contributed by atoms with Crippen molar-refractivity contribution in [1.29, 1.82) is 0 Å². The second-order valence-corrected chi connectivity index (χ2v) is 4.25. The van der Waals surface area contributed by atoms with E-state index in [1.54, 1.807) is 13.3 Å². The number of hydrogen-bond acceptors (Lipinski definition) is 3. The van der Waals surface area contributed by atoms with Crippen molar-refractivity contribution in [3.05, 3.63) is 53.9 Å². The van der Waals surface area contributed by atoms with Crippen molar-refractivity contribution in [2.24, 2.45) is 0 Å². The molecule has 4 nitrogen and oxygen atoms in total. The molecule has 4 heteroatoms. The van der Waals surface area contributed by atoms with E-state index in [2.05, 4.69) is 10.3 Å². The van der Waals surface area contributed by atoms with Gasteiger partial charge in [0.1, 0.15) is 5.75 Å². The van der Waals surface area contributed by atoms with Crippen LogP contribution in [0.25, 0.3) is 0 Å². The summed E-state index contributed by atoms with van der Waals surface area (Å²) < 4.78 is 5.22. The third kappa shape index (κ3) is 3.55. The first-order valence-corrected chi connectivity index (χ1v) is 6.03. The van der Waals surface area contributed by atoms with E-state index >= 15 is 0 Å². The van der Waals surface area contributed by atoms with Gasteiger partial charge >= 0.3 is 0 Å². The Bertz CT molecular complexity index is 568. The number of pyridine rings is 1. The number of carbonyl (C=O) groups is 1. The first-order chi connectivity index (χ1) is 9.19. The molecule has 0 saturated carbocycles. The summed E-state index contributed by atoms with van der Waals surface area (Å²) in [4.78, 5) is 16.1. The monoisotopic (exact) mass is 256 g/mol. The average Bonchev–Trinajstić information content (AvgIpc) is 2.40. The van der Waals surface area contributed by atoms with Gasteiger partial charge in [-0.15, -0.1) is 0 Å². The minimum absolute atomic E-state index is 0.109. The largest absolute Gasteiger partial charge is 0.495 e. The van der Waals surface area contributed by atoms with E-state index < -0.39 is 0 Å². The lowest BCUT2D eigenvalue weighted by atomic mass is 10.2. The van der Waals surface area contributed by atoms with Gasteiger partial charge < -0.3 is 10.1 Å². The smallest absolute Gasteiger partial charge is 0.230 e. The zero-order chi connectivity index (χ0) is 13.7. The summed E-state index contributed by atoms with van der Waals surface area (Å²) in [6.45, 7) is 1.97. The minimum atomic E-state index is -0.109. The highest BCUT2D eigenvalue weighted by molar-refractivity contribution is 5.93. The highest BCUT2D eigenvalue weighted by Gasteiger charge is 2.09. The molecule has 0 unspecified atom stereocenters. The van der Waals surface area contributed by atoms with E-state index in [-0.39, 0.29) is 12.3 Å². The molecule has 1 heterocycles. The summed E-state index contributed by atoms with van der Waals surface area (Å²) in [6.07, 6.45) is 1.92. The molecular weight excluding hydrogens is 240 g/mol. The molecule has 0 atom stereocenters. The molecule has 0 aliphatic rings. The van der Waals surface area contributed by atoms with Gasteiger partial charge in [-0.25, -0.2) is 0 Å². The summed E-state index contributed by atoms with van der Waals surface area (Å²) in [5.41, 5.74) is 2.49. The molecule has 98 valence electrons. The molecule has 1 N–H and O–H groups in total. The van der Waals surface area contributed by atoms with Crippen LogP contribution in [0.2, 0.25) is 0 Å². The number of hydrogen-bond donors (Lipinski definition) is 1.